The van der Waals surface area contributed by atoms with E-state index in [2.05, 4.69) is 0 Å². The van der Waals surface area contributed by atoms with Gasteiger partial charge >= 0.3 is 0 Å². The predicted molar refractivity (Wildman–Crippen MR) is 82.6 cm³/mol. The Morgan fingerprint density at radius 1 is 1.05 bits per heavy atom. The van der Waals surface area contributed by atoms with E-state index in [0.29, 0.717) is 26.4 Å². The van der Waals surface area contributed by atoms with Crippen molar-refractivity contribution in [2.24, 2.45) is 5.73 Å². The van der Waals surface area contributed by atoms with E-state index in [1.807, 2.05) is 31.2 Å². The van der Waals surface area contributed by atoms with Crippen molar-refractivity contribution < 1.29 is 18.9 Å². The fourth-order valence-electron chi connectivity index (χ4n) is 2.04. The zero-order valence-corrected chi connectivity index (χ0v) is 13.2. The van der Waals surface area contributed by atoms with Crippen molar-refractivity contribution >= 4 is 0 Å². The molecule has 0 saturated carbocycles. The maximum atomic E-state index is 6.04. The Labute approximate surface area is 127 Å². The zero-order valence-electron chi connectivity index (χ0n) is 13.2. The van der Waals surface area contributed by atoms with Gasteiger partial charge < -0.3 is 24.7 Å². The minimum atomic E-state index is -0.180. The van der Waals surface area contributed by atoms with E-state index in [1.54, 1.807) is 14.2 Å². The molecule has 0 heterocycles. The van der Waals surface area contributed by atoms with Crippen LogP contribution in [0.4, 0.5) is 0 Å². The fourth-order valence-corrected chi connectivity index (χ4v) is 2.04. The summed E-state index contributed by atoms with van der Waals surface area (Å²) in [5.41, 5.74) is 7.03. The number of ether oxygens (including phenoxy) is 4. The van der Waals surface area contributed by atoms with Gasteiger partial charge in [-0.2, -0.15) is 0 Å². The Kier molecular flexibility index (Phi) is 9.01. The molecule has 0 aliphatic carbocycles. The molecular weight excluding hydrogens is 270 g/mol. The number of hydrogen-bond donors (Lipinski definition) is 1. The molecule has 0 fully saturated rings. The maximum absolute atomic E-state index is 6.04. The summed E-state index contributed by atoms with van der Waals surface area (Å²) in [6.45, 7) is 4.41. The third-order valence-electron chi connectivity index (χ3n) is 3.09. The average Bonchev–Trinajstić information content (AvgIpc) is 2.50. The third-order valence-corrected chi connectivity index (χ3v) is 3.09. The molecule has 0 radical (unpaired) electrons. The lowest BCUT2D eigenvalue weighted by molar-refractivity contribution is 0.0134. The summed E-state index contributed by atoms with van der Waals surface area (Å²) >= 11 is 0. The quantitative estimate of drug-likeness (QED) is 0.634. The molecular formula is C16H27NO4. The molecule has 1 aromatic rings. The van der Waals surface area contributed by atoms with Gasteiger partial charge in [0.2, 0.25) is 0 Å². The van der Waals surface area contributed by atoms with Crippen LogP contribution in [0.5, 0.6) is 5.75 Å². The van der Waals surface area contributed by atoms with Crippen molar-refractivity contribution in [2.75, 3.05) is 40.6 Å². The molecule has 120 valence electrons. The molecule has 0 saturated heterocycles. The van der Waals surface area contributed by atoms with Crippen molar-refractivity contribution in [1.29, 1.82) is 0 Å². The molecule has 21 heavy (non-hydrogen) atoms. The van der Waals surface area contributed by atoms with Gasteiger partial charge in [0.1, 0.15) is 11.9 Å². The Bertz CT molecular complexity index is 384. The monoisotopic (exact) mass is 297 g/mol. The predicted octanol–water partition coefficient (Wildman–Crippen LogP) is 2.15. The van der Waals surface area contributed by atoms with Crippen molar-refractivity contribution in [3.8, 4) is 5.75 Å². The van der Waals surface area contributed by atoms with Crippen LogP contribution < -0.4 is 10.5 Å². The van der Waals surface area contributed by atoms with E-state index in [0.717, 1.165) is 17.7 Å². The first kappa shape index (κ1) is 17.9. The highest BCUT2D eigenvalue weighted by atomic mass is 16.5. The lowest BCUT2D eigenvalue weighted by Gasteiger charge is -2.23. The first-order chi connectivity index (χ1) is 10.2. The van der Waals surface area contributed by atoms with Crippen molar-refractivity contribution in [1.82, 2.24) is 0 Å². The first-order valence-electron chi connectivity index (χ1n) is 7.27. The summed E-state index contributed by atoms with van der Waals surface area (Å²) in [5.74, 6) is 0.802. The van der Waals surface area contributed by atoms with Crippen molar-refractivity contribution in [3.63, 3.8) is 0 Å². The van der Waals surface area contributed by atoms with Crippen LogP contribution in [0.3, 0.4) is 0 Å². The molecule has 0 aromatic heterocycles. The van der Waals surface area contributed by atoms with Crippen LogP contribution in [0.1, 0.15) is 25.0 Å². The highest BCUT2D eigenvalue weighted by Crippen LogP contribution is 2.29. The minimum Gasteiger partial charge on any atom is -0.496 e. The summed E-state index contributed by atoms with van der Waals surface area (Å²) in [7, 11) is 3.31. The van der Waals surface area contributed by atoms with Gasteiger partial charge in [0.15, 0.2) is 0 Å². The van der Waals surface area contributed by atoms with Crippen LogP contribution in [0.2, 0.25) is 0 Å². The van der Waals surface area contributed by atoms with Crippen LogP contribution in [0.25, 0.3) is 0 Å². The normalized spacial score (nSPS) is 13.9. The Morgan fingerprint density at radius 3 is 2.48 bits per heavy atom. The number of hydrogen-bond acceptors (Lipinski definition) is 5. The molecule has 1 aromatic carbocycles. The molecule has 0 amide bonds. The molecule has 2 N–H and O–H groups in total. The number of para-hydroxylation sites is 1. The zero-order chi connectivity index (χ0) is 15.5. The Balaban J connectivity index is 2.44. The van der Waals surface area contributed by atoms with E-state index < -0.39 is 0 Å². The Hall–Kier alpha value is -1.14. The van der Waals surface area contributed by atoms with Gasteiger partial charge in [0, 0.05) is 31.9 Å². The molecule has 2 unspecified atom stereocenters. The minimum absolute atomic E-state index is 0.115. The number of nitrogens with two attached hydrogens (primary N) is 1. The Morgan fingerprint density at radius 2 is 1.81 bits per heavy atom. The molecule has 5 heteroatoms. The molecule has 1 rings (SSSR count). The number of rotatable bonds is 11. The molecule has 2 atom stereocenters. The highest BCUT2D eigenvalue weighted by Gasteiger charge is 2.20. The van der Waals surface area contributed by atoms with Crippen LogP contribution in [-0.2, 0) is 14.2 Å². The van der Waals surface area contributed by atoms with E-state index in [-0.39, 0.29) is 12.1 Å². The number of benzene rings is 1. The van der Waals surface area contributed by atoms with Gasteiger partial charge in [-0.05, 0) is 19.4 Å². The maximum Gasteiger partial charge on any atom is 0.124 e. The summed E-state index contributed by atoms with van der Waals surface area (Å²) in [5, 5.41) is 0. The van der Waals surface area contributed by atoms with Crippen LogP contribution in [-0.4, -0.2) is 46.7 Å². The average molecular weight is 297 g/mol. The van der Waals surface area contributed by atoms with E-state index in [4.69, 9.17) is 24.7 Å². The van der Waals surface area contributed by atoms with Gasteiger partial charge in [0.05, 0.1) is 20.3 Å². The molecule has 0 bridgehead atoms. The number of methoxy groups -OCH3 is 2. The summed E-state index contributed by atoms with van der Waals surface area (Å²) in [6, 6.07) is 7.69. The lowest BCUT2D eigenvalue weighted by Crippen LogP contribution is -2.28. The summed E-state index contributed by atoms with van der Waals surface area (Å²) < 4.78 is 21.6. The second kappa shape index (κ2) is 10.6. The molecule has 0 aliphatic heterocycles. The van der Waals surface area contributed by atoms with Crippen molar-refractivity contribution in [2.45, 2.75) is 25.5 Å². The van der Waals surface area contributed by atoms with Gasteiger partial charge in [-0.15, -0.1) is 0 Å². The van der Waals surface area contributed by atoms with E-state index in [9.17, 15) is 0 Å². The van der Waals surface area contributed by atoms with Gasteiger partial charge in [-0.25, -0.2) is 0 Å². The van der Waals surface area contributed by atoms with Gasteiger partial charge in [-0.3, -0.25) is 0 Å². The second-order valence-electron chi connectivity index (χ2n) is 4.85. The SMILES string of the molecule is COCCOCCCOC(c1ccccc1OC)C(C)N. The molecule has 0 spiro atoms. The third kappa shape index (κ3) is 6.44. The van der Waals surface area contributed by atoms with E-state index in [1.165, 1.54) is 0 Å². The first-order valence-corrected chi connectivity index (χ1v) is 7.27. The van der Waals surface area contributed by atoms with Gasteiger partial charge in [0.25, 0.3) is 0 Å². The van der Waals surface area contributed by atoms with Gasteiger partial charge in [-0.1, -0.05) is 18.2 Å². The second-order valence-corrected chi connectivity index (χ2v) is 4.85. The fraction of sp³-hybridized carbons (Fsp3) is 0.625. The largest absolute Gasteiger partial charge is 0.496 e. The van der Waals surface area contributed by atoms with Crippen molar-refractivity contribution in [3.05, 3.63) is 29.8 Å². The van der Waals surface area contributed by atoms with Crippen LogP contribution in [0, 0.1) is 0 Å². The lowest BCUT2D eigenvalue weighted by atomic mass is 10.0. The smallest absolute Gasteiger partial charge is 0.124 e. The van der Waals surface area contributed by atoms with Crippen LogP contribution in [0.15, 0.2) is 24.3 Å². The standard InChI is InChI=1S/C16H27NO4/c1-13(17)16(14-7-4-5-8-15(14)19-3)21-10-6-9-20-12-11-18-2/h4-5,7-8,13,16H,6,9-12,17H2,1-3H3. The topological polar surface area (TPSA) is 62.9 Å². The summed E-state index contributed by atoms with van der Waals surface area (Å²) in [6.07, 6.45) is 0.641. The summed E-state index contributed by atoms with van der Waals surface area (Å²) in [4.78, 5) is 0. The highest BCUT2D eigenvalue weighted by molar-refractivity contribution is 5.35. The van der Waals surface area contributed by atoms with Crippen LogP contribution >= 0.6 is 0 Å². The van der Waals surface area contributed by atoms with E-state index >= 15 is 0 Å². The molecule has 0 aliphatic rings. The molecule has 5 nitrogen and oxygen atoms in total.